The maximum atomic E-state index is 6.11. The number of fused-ring (bicyclic) bond motifs is 1. The second kappa shape index (κ2) is 6.32. The van der Waals surface area contributed by atoms with Gasteiger partial charge in [-0.1, -0.05) is 11.6 Å². The monoisotopic (exact) mass is 321 g/mol. The van der Waals surface area contributed by atoms with Crippen LogP contribution < -0.4 is 0 Å². The normalized spacial score (nSPS) is 17.3. The van der Waals surface area contributed by atoms with Crippen LogP contribution in [0.25, 0.3) is 10.9 Å². The van der Waals surface area contributed by atoms with E-state index in [0.29, 0.717) is 0 Å². The topological polar surface area (TPSA) is 31.4 Å². The molecule has 2 aromatic rings. The average molecular weight is 322 g/mol. The number of thioether (sulfide) groups is 1. The van der Waals surface area contributed by atoms with E-state index < -0.39 is 0 Å². The molecule has 0 aliphatic carbocycles. The Balaban J connectivity index is 1.68. The number of nitrogens with one attached hydrogen (secondary N) is 1. The van der Waals surface area contributed by atoms with Crippen LogP contribution in [-0.2, 0) is 0 Å². The lowest BCUT2D eigenvalue weighted by Gasteiger charge is -2.10. The molecule has 1 aliphatic rings. The second-order valence-electron chi connectivity index (χ2n) is 5.44. The molecule has 1 fully saturated rings. The van der Waals surface area contributed by atoms with Crippen LogP contribution in [0.5, 0.6) is 0 Å². The summed E-state index contributed by atoms with van der Waals surface area (Å²) < 4.78 is 0. The van der Waals surface area contributed by atoms with E-state index in [9.17, 15) is 0 Å². The SMILES string of the molecule is Cc1[nH]c2ccc(Cl)cc2c1SCC/N=C1\CCCN1C. The predicted octanol–water partition coefficient (Wildman–Crippen LogP) is 4.35. The fraction of sp³-hybridized carbons (Fsp3) is 0.438. The second-order valence-corrected chi connectivity index (χ2v) is 6.98. The number of benzene rings is 1. The Bertz CT molecular complexity index is 677. The van der Waals surface area contributed by atoms with Crippen LogP contribution in [0.4, 0.5) is 0 Å². The highest BCUT2D eigenvalue weighted by molar-refractivity contribution is 7.99. The summed E-state index contributed by atoms with van der Waals surface area (Å²) in [6.07, 6.45) is 2.37. The molecular formula is C16H20ClN3S. The number of likely N-dealkylation sites (tertiary alicyclic amines) is 1. The number of aliphatic imine (C=N–C) groups is 1. The third-order valence-electron chi connectivity index (χ3n) is 3.86. The van der Waals surface area contributed by atoms with Crippen LogP contribution in [0.1, 0.15) is 18.5 Å². The number of halogens is 1. The van der Waals surface area contributed by atoms with Gasteiger partial charge in [-0.25, -0.2) is 0 Å². The van der Waals surface area contributed by atoms with Gasteiger partial charge in [0.1, 0.15) is 0 Å². The van der Waals surface area contributed by atoms with E-state index in [1.54, 1.807) is 0 Å². The Morgan fingerprint density at radius 2 is 2.29 bits per heavy atom. The van der Waals surface area contributed by atoms with Crippen molar-refractivity contribution in [3.05, 3.63) is 28.9 Å². The van der Waals surface area contributed by atoms with Crippen LogP contribution in [0, 0.1) is 6.92 Å². The van der Waals surface area contributed by atoms with Gasteiger partial charge in [-0.15, -0.1) is 11.8 Å². The predicted molar refractivity (Wildman–Crippen MR) is 92.9 cm³/mol. The molecule has 2 heterocycles. The van der Waals surface area contributed by atoms with Crippen molar-refractivity contribution < 1.29 is 0 Å². The molecule has 1 N–H and O–H groups in total. The molecule has 0 unspecified atom stereocenters. The van der Waals surface area contributed by atoms with Crippen molar-refractivity contribution in [2.75, 3.05) is 25.9 Å². The van der Waals surface area contributed by atoms with Crippen molar-refractivity contribution in [3.8, 4) is 0 Å². The number of H-pyrrole nitrogens is 1. The Morgan fingerprint density at radius 1 is 1.43 bits per heavy atom. The maximum absolute atomic E-state index is 6.11. The first-order valence-electron chi connectivity index (χ1n) is 7.30. The summed E-state index contributed by atoms with van der Waals surface area (Å²) >= 11 is 7.97. The fourth-order valence-electron chi connectivity index (χ4n) is 2.78. The summed E-state index contributed by atoms with van der Waals surface area (Å²) in [5.41, 5.74) is 2.36. The van der Waals surface area contributed by atoms with E-state index in [-0.39, 0.29) is 0 Å². The quantitative estimate of drug-likeness (QED) is 0.670. The number of nitrogens with zero attached hydrogens (tertiary/aromatic N) is 2. The third kappa shape index (κ3) is 3.22. The van der Waals surface area contributed by atoms with Gasteiger partial charge in [0.2, 0.25) is 0 Å². The van der Waals surface area contributed by atoms with Gasteiger partial charge < -0.3 is 9.88 Å². The van der Waals surface area contributed by atoms with Crippen LogP contribution in [0.2, 0.25) is 5.02 Å². The minimum Gasteiger partial charge on any atom is -0.363 e. The number of hydrogen-bond donors (Lipinski definition) is 1. The Labute approximate surface area is 134 Å². The molecule has 0 spiro atoms. The summed E-state index contributed by atoms with van der Waals surface area (Å²) in [6.45, 7) is 4.13. The average Bonchev–Trinajstić information content (AvgIpc) is 2.99. The minimum absolute atomic E-state index is 0.788. The Hall–Kier alpha value is -1.13. The highest BCUT2D eigenvalue weighted by Crippen LogP contribution is 2.32. The molecule has 1 aromatic heterocycles. The van der Waals surface area contributed by atoms with Crippen LogP contribution in [0.3, 0.4) is 0 Å². The van der Waals surface area contributed by atoms with Gasteiger partial charge in [-0.05, 0) is 31.5 Å². The summed E-state index contributed by atoms with van der Waals surface area (Å²) in [7, 11) is 2.13. The lowest BCUT2D eigenvalue weighted by Crippen LogP contribution is -2.19. The molecule has 0 bridgehead atoms. The zero-order valence-electron chi connectivity index (χ0n) is 12.4. The van der Waals surface area contributed by atoms with Crippen molar-refractivity contribution in [2.24, 2.45) is 4.99 Å². The van der Waals surface area contributed by atoms with Gasteiger partial charge in [0.15, 0.2) is 0 Å². The van der Waals surface area contributed by atoms with Gasteiger partial charge in [0.25, 0.3) is 0 Å². The largest absolute Gasteiger partial charge is 0.363 e. The molecule has 0 saturated carbocycles. The molecule has 3 rings (SSSR count). The molecule has 1 saturated heterocycles. The van der Waals surface area contributed by atoms with Crippen molar-refractivity contribution in [2.45, 2.75) is 24.7 Å². The lowest BCUT2D eigenvalue weighted by atomic mass is 10.2. The van der Waals surface area contributed by atoms with Crippen molar-refractivity contribution in [1.29, 1.82) is 0 Å². The molecule has 1 aliphatic heterocycles. The number of aromatic amines is 1. The molecule has 0 radical (unpaired) electrons. The molecule has 112 valence electrons. The molecule has 0 atom stereocenters. The summed E-state index contributed by atoms with van der Waals surface area (Å²) in [5, 5.41) is 2.01. The van der Waals surface area contributed by atoms with Crippen molar-refractivity contribution in [1.82, 2.24) is 9.88 Å². The lowest BCUT2D eigenvalue weighted by molar-refractivity contribution is 0.548. The third-order valence-corrected chi connectivity index (χ3v) is 5.29. The van der Waals surface area contributed by atoms with Gasteiger partial charge in [-0.2, -0.15) is 0 Å². The first-order chi connectivity index (χ1) is 10.1. The van der Waals surface area contributed by atoms with Crippen molar-refractivity contribution >= 4 is 40.1 Å². The molecule has 21 heavy (non-hydrogen) atoms. The number of aromatic nitrogens is 1. The van der Waals surface area contributed by atoms with E-state index in [4.69, 9.17) is 16.6 Å². The minimum atomic E-state index is 0.788. The van der Waals surface area contributed by atoms with E-state index in [1.165, 1.54) is 28.2 Å². The van der Waals surface area contributed by atoms with Crippen LogP contribution in [-0.4, -0.2) is 41.6 Å². The molecule has 0 amide bonds. The zero-order valence-corrected chi connectivity index (χ0v) is 14.0. The first-order valence-corrected chi connectivity index (χ1v) is 8.66. The van der Waals surface area contributed by atoms with Gasteiger partial charge in [0, 0.05) is 52.3 Å². The summed E-state index contributed by atoms with van der Waals surface area (Å²) in [4.78, 5) is 11.7. The molecule has 1 aromatic carbocycles. The number of aryl methyl sites for hydroxylation is 1. The number of amidine groups is 1. The van der Waals surface area contributed by atoms with Gasteiger partial charge in [0.05, 0.1) is 12.4 Å². The summed E-state index contributed by atoms with van der Waals surface area (Å²) in [6, 6.07) is 6.01. The van der Waals surface area contributed by atoms with E-state index in [0.717, 1.165) is 35.8 Å². The first kappa shape index (κ1) is 14.8. The molecule has 3 nitrogen and oxygen atoms in total. The standard InChI is InChI=1S/C16H20ClN3S/c1-11-16(13-10-12(17)5-6-14(13)19-11)21-9-7-18-15-4-3-8-20(15)2/h5-6,10,19H,3-4,7-9H2,1-2H3/b18-15+. The smallest absolute Gasteiger partial charge is 0.0987 e. The van der Waals surface area contributed by atoms with E-state index in [1.807, 2.05) is 30.0 Å². The van der Waals surface area contributed by atoms with E-state index >= 15 is 0 Å². The Morgan fingerprint density at radius 3 is 3.05 bits per heavy atom. The zero-order chi connectivity index (χ0) is 14.8. The summed E-state index contributed by atoms with van der Waals surface area (Å²) in [5.74, 6) is 2.26. The highest BCUT2D eigenvalue weighted by Gasteiger charge is 2.13. The van der Waals surface area contributed by atoms with E-state index in [2.05, 4.69) is 23.9 Å². The van der Waals surface area contributed by atoms with Gasteiger partial charge in [-0.3, -0.25) is 4.99 Å². The van der Waals surface area contributed by atoms with Crippen LogP contribution in [0.15, 0.2) is 28.1 Å². The molecule has 5 heteroatoms. The van der Waals surface area contributed by atoms with Gasteiger partial charge >= 0.3 is 0 Å². The van der Waals surface area contributed by atoms with Crippen LogP contribution >= 0.6 is 23.4 Å². The van der Waals surface area contributed by atoms with Crippen molar-refractivity contribution in [3.63, 3.8) is 0 Å². The fourth-order valence-corrected chi connectivity index (χ4v) is 3.93. The maximum Gasteiger partial charge on any atom is 0.0987 e. The number of rotatable bonds is 4. The number of hydrogen-bond acceptors (Lipinski definition) is 2. The highest BCUT2D eigenvalue weighted by atomic mass is 35.5. The molecular weight excluding hydrogens is 302 g/mol. The Kier molecular flexibility index (Phi) is 4.45.